The summed E-state index contributed by atoms with van der Waals surface area (Å²) >= 11 is 0. The number of amides is 1. The van der Waals surface area contributed by atoms with Crippen molar-refractivity contribution in [1.29, 1.82) is 0 Å². The fraction of sp³-hybridized carbons (Fsp3) is 0.267. The summed E-state index contributed by atoms with van der Waals surface area (Å²) in [5, 5.41) is 11.5. The van der Waals surface area contributed by atoms with Crippen molar-refractivity contribution in [2.24, 2.45) is 7.05 Å². The molecule has 2 aromatic heterocycles. The van der Waals surface area contributed by atoms with E-state index in [4.69, 9.17) is 4.42 Å². The molecule has 3 rings (SSSR count). The zero-order chi connectivity index (χ0) is 14.8. The third kappa shape index (κ3) is 2.94. The second-order valence-corrected chi connectivity index (χ2v) is 5.11. The van der Waals surface area contributed by atoms with Crippen LogP contribution < -0.4 is 5.32 Å². The first-order valence-corrected chi connectivity index (χ1v) is 6.76. The van der Waals surface area contributed by atoms with Crippen LogP contribution in [-0.4, -0.2) is 26.9 Å². The van der Waals surface area contributed by atoms with Gasteiger partial charge in [0, 0.05) is 24.9 Å². The van der Waals surface area contributed by atoms with E-state index in [1.54, 1.807) is 13.2 Å². The molecule has 0 spiro atoms. The lowest BCUT2D eigenvalue weighted by Gasteiger charge is -2.10. The predicted molar refractivity (Wildman–Crippen MR) is 77.8 cm³/mol. The Labute approximate surface area is 121 Å². The minimum absolute atomic E-state index is 0.0555. The first-order chi connectivity index (χ1) is 10.1. The topological polar surface area (TPSA) is 73.0 Å². The number of carbonyl (C=O) groups is 1. The molecule has 3 aromatic rings. The van der Waals surface area contributed by atoms with Crippen molar-refractivity contribution in [2.45, 2.75) is 19.4 Å². The fourth-order valence-electron chi connectivity index (χ4n) is 2.24. The smallest absolute Gasteiger partial charge is 0.273 e. The second-order valence-electron chi connectivity index (χ2n) is 5.11. The molecule has 108 valence electrons. The van der Waals surface area contributed by atoms with Gasteiger partial charge in [0.05, 0.1) is 6.20 Å². The van der Waals surface area contributed by atoms with E-state index in [0.29, 0.717) is 12.1 Å². The van der Waals surface area contributed by atoms with E-state index in [2.05, 4.69) is 15.6 Å². The first kappa shape index (κ1) is 13.4. The van der Waals surface area contributed by atoms with E-state index < -0.39 is 0 Å². The Balaban J connectivity index is 1.65. The first-order valence-electron chi connectivity index (χ1n) is 6.76. The largest absolute Gasteiger partial charge is 0.461 e. The summed E-state index contributed by atoms with van der Waals surface area (Å²) in [7, 11) is 1.72. The van der Waals surface area contributed by atoms with Gasteiger partial charge in [0.25, 0.3) is 5.91 Å². The highest BCUT2D eigenvalue weighted by Crippen LogP contribution is 2.19. The van der Waals surface area contributed by atoms with Crippen LogP contribution in [0, 0.1) is 0 Å². The lowest BCUT2D eigenvalue weighted by molar-refractivity contribution is 0.0934. The molecule has 1 atom stereocenters. The lowest BCUT2D eigenvalue weighted by Crippen LogP contribution is -2.34. The molecule has 2 heterocycles. The van der Waals surface area contributed by atoms with Crippen LogP contribution in [0.4, 0.5) is 0 Å². The van der Waals surface area contributed by atoms with E-state index in [-0.39, 0.29) is 11.9 Å². The van der Waals surface area contributed by atoms with Crippen molar-refractivity contribution in [3.05, 3.63) is 48.0 Å². The Morgan fingerprint density at radius 2 is 2.24 bits per heavy atom. The van der Waals surface area contributed by atoms with Gasteiger partial charge in [-0.2, -0.15) is 0 Å². The van der Waals surface area contributed by atoms with Gasteiger partial charge in [-0.1, -0.05) is 23.4 Å². The minimum Gasteiger partial charge on any atom is -0.461 e. The quantitative estimate of drug-likeness (QED) is 0.794. The van der Waals surface area contributed by atoms with E-state index in [1.807, 2.05) is 37.3 Å². The van der Waals surface area contributed by atoms with Gasteiger partial charge in [-0.25, -0.2) is 0 Å². The van der Waals surface area contributed by atoms with Gasteiger partial charge in [-0.05, 0) is 19.1 Å². The number of nitrogens with zero attached hydrogens (tertiary/aromatic N) is 3. The van der Waals surface area contributed by atoms with Crippen molar-refractivity contribution in [3.63, 3.8) is 0 Å². The molecule has 0 radical (unpaired) electrons. The molecule has 0 bridgehead atoms. The summed E-state index contributed by atoms with van der Waals surface area (Å²) < 4.78 is 7.25. The predicted octanol–water partition coefficient (Wildman–Crippen LogP) is 1.92. The summed E-state index contributed by atoms with van der Waals surface area (Å²) in [5.41, 5.74) is 1.17. The lowest BCUT2D eigenvalue weighted by atomic mass is 10.1. The molecule has 1 amide bonds. The van der Waals surface area contributed by atoms with Crippen LogP contribution in [0.15, 0.2) is 40.9 Å². The normalized spacial score (nSPS) is 12.5. The number of rotatable bonds is 4. The monoisotopic (exact) mass is 284 g/mol. The van der Waals surface area contributed by atoms with Crippen LogP contribution in [0.2, 0.25) is 0 Å². The number of fused-ring (bicyclic) bond motifs is 1. The number of hydrogen-bond acceptors (Lipinski definition) is 4. The number of nitrogens with one attached hydrogen (secondary N) is 1. The summed E-state index contributed by atoms with van der Waals surface area (Å²) in [5.74, 6) is 0.620. The van der Waals surface area contributed by atoms with Gasteiger partial charge in [0.2, 0.25) is 0 Å². The standard InChI is InChI=1S/C15H16N4O2/c1-10(16-15(20)13-9-19(2)18-17-13)7-12-8-11-5-3-4-6-14(11)21-12/h3-6,8-10H,7H2,1-2H3,(H,16,20)/t10-/m1/s1. The molecule has 1 aromatic carbocycles. The Morgan fingerprint density at radius 3 is 2.95 bits per heavy atom. The molecular weight excluding hydrogens is 268 g/mol. The van der Waals surface area contributed by atoms with Gasteiger partial charge < -0.3 is 9.73 Å². The van der Waals surface area contributed by atoms with Crippen LogP contribution in [-0.2, 0) is 13.5 Å². The molecule has 0 saturated heterocycles. The van der Waals surface area contributed by atoms with Crippen LogP contribution >= 0.6 is 0 Å². The highest BCUT2D eigenvalue weighted by atomic mass is 16.3. The molecule has 21 heavy (non-hydrogen) atoms. The number of para-hydroxylation sites is 1. The number of carbonyl (C=O) groups excluding carboxylic acids is 1. The maximum absolute atomic E-state index is 12.0. The summed E-state index contributed by atoms with van der Waals surface area (Å²) in [4.78, 5) is 12.0. The van der Waals surface area contributed by atoms with E-state index in [9.17, 15) is 4.79 Å². The highest BCUT2D eigenvalue weighted by molar-refractivity contribution is 5.92. The Hall–Kier alpha value is -2.63. The molecular formula is C15H16N4O2. The van der Waals surface area contributed by atoms with Crippen LogP contribution in [0.5, 0.6) is 0 Å². The van der Waals surface area contributed by atoms with E-state index >= 15 is 0 Å². The van der Waals surface area contributed by atoms with Crippen molar-refractivity contribution in [2.75, 3.05) is 0 Å². The van der Waals surface area contributed by atoms with Gasteiger partial charge in [0.15, 0.2) is 5.69 Å². The van der Waals surface area contributed by atoms with Gasteiger partial charge in [-0.3, -0.25) is 9.48 Å². The maximum atomic E-state index is 12.0. The summed E-state index contributed by atoms with van der Waals surface area (Å²) in [6.45, 7) is 1.93. The average Bonchev–Trinajstić information content (AvgIpc) is 3.03. The third-order valence-corrected chi connectivity index (χ3v) is 3.20. The third-order valence-electron chi connectivity index (χ3n) is 3.20. The molecule has 0 aliphatic rings. The summed E-state index contributed by atoms with van der Waals surface area (Å²) in [6.07, 6.45) is 2.21. The zero-order valence-electron chi connectivity index (χ0n) is 11.9. The Bertz CT molecular complexity index is 742. The number of aryl methyl sites for hydroxylation is 1. The minimum atomic E-state index is -0.230. The second kappa shape index (κ2) is 5.40. The SMILES string of the molecule is C[C@H](Cc1cc2ccccc2o1)NC(=O)c1cn(C)nn1. The molecule has 0 saturated carbocycles. The maximum Gasteiger partial charge on any atom is 0.273 e. The Morgan fingerprint density at radius 1 is 1.43 bits per heavy atom. The molecule has 0 unspecified atom stereocenters. The number of hydrogen-bond donors (Lipinski definition) is 1. The number of aromatic nitrogens is 3. The van der Waals surface area contributed by atoms with Crippen molar-refractivity contribution >= 4 is 16.9 Å². The fourth-order valence-corrected chi connectivity index (χ4v) is 2.24. The van der Waals surface area contributed by atoms with Crippen LogP contribution in [0.25, 0.3) is 11.0 Å². The highest BCUT2D eigenvalue weighted by Gasteiger charge is 2.14. The van der Waals surface area contributed by atoms with Gasteiger partial charge >= 0.3 is 0 Å². The van der Waals surface area contributed by atoms with Crippen LogP contribution in [0.3, 0.4) is 0 Å². The van der Waals surface area contributed by atoms with Gasteiger partial charge in [0.1, 0.15) is 11.3 Å². The van der Waals surface area contributed by atoms with E-state index in [1.165, 1.54) is 4.68 Å². The van der Waals surface area contributed by atoms with Crippen molar-refractivity contribution in [1.82, 2.24) is 20.3 Å². The molecule has 6 nitrogen and oxygen atoms in total. The van der Waals surface area contributed by atoms with E-state index in [0.717, 1.165) is 16.7 Å². The average molecular weight is 284 g/mol. The number of furan rings is 1. The zero-order valence-corrected chi connectivity index (χ0v) is 11.9. The van der Waals surface area contributed by atoms with Gasteiger partial charge in [-0.15, -0.1) is 5.10 Å². The molecule has 0 aliphatic carbocycles. The summed E-state index contributed by atoms with van der Waals surface area (Å²) in [6, 6.07) is 9.79. The Kier molecular flexibility index (Phi) is 3.43. The molecule has 0 fully saturated rings. The molecule has 0 aliphatic heterocycles. The number of benzene rings is 1. The van der Waals surface area contributed by atoms with Crippen LogP contribution in [0.1, 0.15) is 23.2 Å². The van der Waals surface area contributed by atoms with Crippen molar-refractivity contribution in [3.8, 4) is 0 Å². The van der Waals surface area contributed by atoms with Crippen molar-refractivity contribution < 1.29 is 9.21 Å². The molecule has 1 N–H and O–H groups in total. The molecule has 6 heteroatoms.